The second kappa shape index (κ2) is 9.33. The fourth-order valence-corrected chi connectivity index (χ4v) is 3.96. The van der Waals surface area contributed by atoms with Crippen LogP contribution in [-0.4, -0.2) is 48.9 Å². The van der Waals surface area contributed by atoms with E-state index < -0.39 is 0 Å². The molecule has 2 aliphatic heterocycles. The lowest BCUT2D eigenvalue weighted by atomic mass is 9.92. The van der Waals surface area contributed by atoms with Gasteiger partial charge in [0.25, 0.3) is 0 Å². The lowest BCUT2D eigenvalue weighted by Crippen LogP contribution is -2.40. The van der Waals surface area contributed by atoms with Crippen molar-refractivity contribution in [2.24, 2.45) is 5.92 Å². The Morgan fingerprint density at radius 1 is 1.19 bits per heavy atom. The molecule has 0 bridgehead atoms. The standard InChI is InChI=1S/C21H32N4O2/c1-15-6-7-18(23-21(27)17-8-9-22-16(2)12-17)13-19(15)24-20(26)14-25-10-4-3-5-11-25/h6-7,13,16-17,22H,3-5,8-12,14H2,1-2H3,(H,23,27)(H,24,26)/t16-,17-/m0/s1. The van der Waals surface area contributed by atoms with Crippen LogP contribution >= 0.6 is 0 Å². The molecular formula is C21H32N4O2. The Kier molecular flexibility index (Phi) is 6.85. The zero-order valence-corrected chi connectivity index (χ0v) is 16.5. The van der Waals surface area contributed by atoms with Gasteiger partial charge >= 0.3 is 0 Å². The van der Waals surface area contributed by atoms with Crippen molar-refractivity contribution in [1.29, 1.82) is 0 Å². The molecule has 3 rings (SSSR count). The van der Waals surface area contributed by atoms with Crippen molar-refractivity contribution in [1.82, 2.24) is 10.2 Å². The molecule has 2 atom stereocenters. The molecule has 0 radical (unpaired) electrons. The molecule has 148 valence electrons. The van der Waals surface area contributed by atoms with Crippen LogP contribution in [-0.2, 0) is 9.59 Å². The Hall–Kier alpha value is -1.92. The first kappa shape index (κ1) is 19.8. The summed E-state index contributed by atoms with van der Waals surface area (Å²) in [6.07, 6.45) is 5.32. The van der Waals surface area contributed by atoms with Gasteiger partial charge in [0, 0.05) is 23.3 Å². The first-order valence-electron chi connectivity index (χ1n) is 10.2. The Bertz CT molecular complexity index is 670. The highest BCUT2D eigenvalue weighted by molar-refractivity contribution is 5.96. The van der Waals surface area contributed by atoms with Gasteiger partial charge in [-0.05, 0) is 76.9 Å². The van der Waals surface area contributed by atoms with E-state index in [4.69, 9.17) is 0 Å². The van der Waals surface area contributed by atoms with Gasteiger partial charge in [-0.15, -0.1) is 0 Å². The zero-order valence-electron chi connectivity index (χ0n) is 16.5. The van der Waals surface area contributed by atoms with Gasteiger partial charge < -0.3 is 16.0 Å². The topological polar surface area (TPSA) is 73.5 Å². The van der Waals surface area contributed by atoms with E-state index in [-0.39, 0.29) is 17.7 Å². The fourth-order valence-electron chi connectivity index (χ4n) is 3.96. The van der Waals surface area contributed by atoms with E-state index in [0.29, 0.717) is 12.6 Å². The number of hydrogen-bond acceptors (Lipinski definition) is 4. The number of aryl methyl sites for hydroxylation is 1. The van der Waals surface area contributed by atoms with Crippen LogP contribution < -0.4 is 16.0 Å². The number of rotatable bonds is 5. The van der Waals surface area contributed by atoms with Crippen molar-refractivity contribution >= 4 is 23.2 Å². The summed E-state index contributed by atoms with van der Waals surface area (Å²) in [6, 6.07) is 6.08. The maximum atomic E-state index is 12.6. The van der Waals surface area contributed by atoms with Crippen LogP contribution in [0.4, 0.5) is 11.4 Å². The minimum absolute atomic E-state index is 0.00987. The third kappa shape index (κ3) is 5.78. The number of hydrogen-bond donors (Lipinski definition) is 3. The lowest BCUT2D eigenvalue weighted by Gasteiger charge is -2.27. The molecule has 0 saturated carbocycles. The van der Waals surface area contributed by atoms with E-state index in [1.165, 1.54) is 19.3 Å². The van der Waals surface area contributed by atoms with Gasteiger partial charge in [-0.2, -0.15) is 0 Å². The van der Waals surface area contributed by atoms with E-state index in [9.17, 15) is 9.59 Å². The van der Waals surface area contributed by atoms with Crippen LogP contribution in [0.25, 0.3) is 0 Å². The van der Waals surface area contributed by atoms with Crippen molar-refractivity contribution < 1.29 is 9.59 Å². The van der Waals surface area contributed by atoms with Crippen LogP contribution in [0.3, 0.4) is 0 Å². The van der Waals surface area contributed by atoms with E-state index in [1.54, 1.807) is 0 Å². The summed E-state index contributed by atoms with van der Waals surface area (Å²) >= 11 is 0. The molecule has 3 N–H and O–H groups in total. The first-order valence-corrected chi connectivity index (χ1v) is 10.2. The average Bonchev–Trinajstić information content (AvgIpc) is 2.65. The maximum Gasteiger partial charge on any atom is 0.238 e. The minimum Gasteiger partial charge on any atom is -0.326 e. The molecule has 2 saturated heterocycles. The van der Waals surface area contributed by atoms with Crippen LogP contribution in [0, 0.1) is 12.8 Å². The Labute approximate surface area is 162 Å². The molecule has 0 unspecified atom stereocenters. The predicted molar refractivity (Wildman–Crippen MR) is 109 cm³/mol. The van der Waals surface area contributed by atoms with E-state index in [2.05, 4.69) is 27.8 Å². The molecule has 1 aromatic carbocycles. The first-order chi connectivity index (χ1) is 13.0. The van der Waals surface area contributed by atoms with Crippen LogP contribution in [0.5, 0.6) is 0 Å². The van der Waals surface area contributed by atoms with Crippen molar-refractivity contribution in [3.63, 3.8) is 0 Å². The number of nitrogens with one attached hydrogen (secondary N) is 3. The predicted octanol–water partition coefficient (Wildman–Crippen LogP) is 2.75. The van der Waals surface area contributed by atoms with Gasteiger partial charge in [0.2, 0.25) is 11.8 Å². The molecule has 0 aromatic heterocycles. The van der Waals surface area contributed by atoms with Crippen molar-refractivity contribution in [2.75, 3.05) is 36.8 Å². The average molecular weight is 373 g/mol. The number of carbonyl (C=O) groups is 2. The third-order valence-electron chi connectivity index (χ3n) is 5.59. The van der Waals surface area contributed by atoms with Gasteiger partial charge in [0.05, 0.1) is 6.54 Å². The molecule has 2 heterocycles. The largest absolute Gasteiger partial charge is 0.326 e. The monoisotopic (exact) mass is 372 g/mol. The van der Waals surface area contributed by atoms with E-state index >= 15 is 0 Å². The van der Waals surface area contributed by atoms with Gasteiger partial charge in [-0.3, -0.25) is 14.5 Å². The molecule has 2 fully saturated rings. The summed E-state index contributed by atoms with van der Waals surface area (Å²) in [4.78, 5) is 27.2. The summed E-state index contributed by atoms with van der Waals surface area (Å²) < 4.78 is 0. The molecular weight excluding hydrogens is 340 g/mol. The Morgan fingerprint density at radius 2 is 1.96 bits per heavy atom. The quantitative estimate of drug-likeness (QED) is 0.743. The third-order valence-corrected chi connectivity index (χ3v) is 5.59. The SMILES string of the molecule is Cc1ccc(NC(=O)[C@H]2CCN[C@@H](C)C2)cc1NC(=O)CN1CCCCC1. The highest BCUT2D eigenvalue weighted by Gasteiger charge is 2.24. The summed E-state index contributed by atoms with van der Waals surface area (Å²) in [5.74, 6) is 0.119. The summed E-state index contributed by atoms with van der Waals surface area (Å²) in [6.45, 7) is 7.39. The molecule has 0 aliphatic carbocycles. The lowest BCUT2D eigenvalue weighted by molar-refractivity contribution is -0.121. The highest BCUT2D eigenvalue weighted by atomic mass is 16.2. The molecule has 27 heavy (non-hydrogen) atoms. The Balaban J connectivity index is 1.58. The minimum atomic E-state index is 0.00987. The van der Waals surface area contributed by atoms with Crippen molar-refractivity contribution in [3.8, 4) is 0 Å². The number of likely N-dealkylation sites (tertiary alicyclic amines) is 1. The van der Waals surface area contributed by atoms with Gasteiger partial charge in [0.1, 0.15) is 0 Å². The molecule has 6 heteroatoms. The smallest absolute Gasteiger partial charge is 0.238 e. The molecule has 6 nitrogen and oxygen atoms in total. The number of benzene rings is 1. The molecule has 2 aliphatic rings. The van der Waals surface area contributed by atoms with Gasteiger partial charge in [-0.1, -0.05) is 12.5 Å². The number of piperidine rings is 2. The van der Waals surface area contributed by atoms with E-state index in [1.807, 2.05) is 25.1 Å². The van der Waals surface area contributed by atoms with Gasteiger partial charge in [-0.25, -0.2) is 0 Å². The van der Waals surface area contributed by atoms with Crippen LogP contribution in [0.15, 0.2) is 18.2 Å². The van der Waals surface area contributed by atoms with Crippen molar-refractivity contribution in [3.05, 3.63) is 23.8 Å². The second-order valence-corrected chi connectivity index (χ2v) is 7.98. The number of amides is 2. The van der Waals surface area contributed by atoms with Crippen molar-refractivity contribution in [2.45, 2.75) is 52.0 Å². The number of nitrogens with zero attached hydrogens (tertiary/aromatic N) is 1. The number of carbonyl (C=O) groups excluding carboxylic acids is 2. The summed E-state index contributed by atoms with van der Waals surface area (Å²) in [5, 5.41) is 9.41. The normalized spacial score (nSPS) is 23.6. The fraction of sp³-hybridized carbons (Fsp3) is 0.619. The van der Waals surface area contributed by atoms with Crippen LogP contribution in [0.1, 0.15) is 44.6 Å². The Morgan fingerprint density at radius 3 is 2.70 bits per heavy atom. The van der Waals surface area contributed by atoms with Crippen LogP contribution in [0.2, 0.25) is 0 Å². The summed E-state index contributed by atoms with van der Waals surface area (Å²) in [7, 11) is 0. The van der Waals surface area contributed by atoms with E-state index in [0.717, 1.165) is 49.4 Å². The maximum absolute atomic E-state index is 12.6. The molecule has 1 aromatic rings. The summed E-state index contributed by atoms with van der Waals surface area (Å²) in [5.41, 5.74) is 2.51. The number of anilines is 2. The molecule has 2 amide bonds. The second-order valence-electron chi connectivity index (χ2n) is 7.98. The zero-order chi connectivity index (χ0) is 19.2. The molecule has 0 spiro atoms. The highest BCUT2D eigenvalue weighted by Crippen LogP contribution is 2.23. The van der Waals surface area contributed by atoms with Gasteiger partial charge in [0.15, 0.2) is 0 Å².